The van der Waals surface area contributed by atoms with E-state index in [9.17, 15) is 13.2 Å². The Labute approximate surface area is 166 Å². The van der Waals surface area contributed by atoms with Crippen LogP contribution in [-0.4, -0.2) is 33.6 Å². The first-order valence-electron chi connectivity index (χ1n) is 8.71. The summed E-state index contributed by atoms with van der Waals surface area (Å²) in [6.45, 7) is 7.00. The molecule has 2 aromatic carbocycles. The Kier molecular flexibility index (Phi) is 6.69. The molecular formula is C20H26N2O5S. The molecule has 0 saturated heterocycles. The molecule has 0 spiro atoms. The summed E-state index contributed by atoms with van der Waals surface area (Å²) >= 11 is 0. The first-order valence-corrected chi connectivity index (χ1v) is 10.2. The molecule has 8 heteroatoms. The number of nitrogens with one attached hydrogen (secondary N) is 2. The zero-order chi connectivity index (χ0) is 20.9. The standard InChI is InChI=1S/C20H26N2O5S/c1-14-6-11-18(26-5)17(12-14)21-19(23)13-27-15-7-9-16(10-8-15)28(24,25)22-20(2,3)4/h6-12,22H,13H2,1-5H3,(H,21,23). The van der Waals surface area contributed by atoms with Crippen LogP contribution in [0.5, 0.6) is 11.5 Å². The molecule has 7 nitrogen and oxygen atoms in total. The third kappa shape index (κ3) is 6.24. The van der Waals surface area contributed by atoms with Gasteiger partial charge in [0.15, 0.2) is 6.61 Å². The lowest BCUT2D eigenvalue weighted by Crippen LogP contribution is -2.40. The van der Waals surface area contributed by atoms with E-state index in [4.69, 9.17) is 9.47 Å². The summed E-state index contributed by atoms with van der Waals surface area (Å²) in [5, 5.41) is 2.74. The maximum absolute atomic E-state index is 12.3. The third-order valence-electron chi connectivity index (χ3n) is 3.57. The molecule has 0 fully saturated rings. The van der Waals surface area contributed by atoms with Crippen molar-refractivity contribution < 1.29 is 22.7 Å². The first kappa shape index (κ1) is 21.7. The van der Waals surface area contributed by atoms with Gasteiger partial charge in [0, 0.05) is 5.54 Å². The second kappa shape index (κ2) is 8.62. The Morgan fingerprint density at radius 1 is 1.07 bits per heavy atom. The van der Waals surface area contributed by atoms with Crippen molar-refractivity contribution >= 4 is 21.6 Å². The number of carbonyl (C=O) groups excluding carboxylic acids is 1. The van der Waals surface area contributed by atoms with Crippen molar-refractivity contribution in [2.75, 3.05) is 19.0 Å². The number of sulfonamides is 1. The Hall–Kier alpha value is -2.58. The van der Waals surface area contributed by atoms with E-state index in [-0.39, 0.29) is 17.4 Å². The molecule has 0 atom stereocenters. The summed E-state index contributed by atoms with van der Waals surface area (Å²) in [5.74, 6) is 0.593. The fourth-order valence-electron chi connectivity index (χ4n) is 2.43. The number of methoxy groups -OCH3 is 1. The Morgan fingerprint density at radius 2 is 1.71 bits per heavy atom. The maximum atomic E-state index is 12.3. The lowest BCUT2D eigenvalue weighted by molar-refractivity contribution is -0.118. The van der Waals surface area contributed by atoms with Crippen LogP contribution in [0.1, 0.15) is 26.3 Å². The van der Waals surface area contributed by atoms with Crippen molar-refractivity contribution in [3.05, 3.63) is 48.0 Å². The molecule has 0 aliphatic heterocycles. The van der Waals surface area contributed by atoms with E-state index in [2.05, 4.69) is 10.0 Å². The smallest absolute Gasteiger partial charge is 0.262 e. The van der Waals surface area contributed by atoms with Gasteiger partial charge < -0.3 is 14.8 Å². The minimum atomic E-state index is -3.62. The summed E-state index contributed by atoms with van der Waals surface area (Å²) < 4.78 is 37.8. The predicted molar refractivity (Wildman–Crippen MR) is 108 cm³/mol. The Bertz CT molecular complexity index is 932. The molecule has 0 aliphatic rings. The monoisotopic (exact) mass is 406 g/mol. The lowest BCUT2D eigenvalue weighted by atomic mass is 10.1. The van der Waals surface area contributed by atoms with Crippen LogP contribution < -0.4 is 19.5 Å². The van der Waals surface area contributed by atoms with E-state index in [1.807, 2.05) is 13.0 Å². The van der Waals surface area contributed by atoms with Gasteiger partial charge in [-0.2, -0.15) is 0 Å². The van der Waals surface area contributed by atoms with Crippen LogP contribution in [0.4, 0.5) is 5.69 Å². The molecule has 0 heterocycles. The minimum Gasteiger partial charge on any atom is -0.495 e. The topological polar surface area (TPSA) is 93.7 Å². The average molecular weight is 407 g/mol. The van der Waals surface area contributed by atoms with E-state index >= 15 is 0 Å². The SMILES string of the molecule is COc1ccc(C)cc1NC(=O)COc1ccc(S(=O)(=O)NC(C)(C)C)cc1. The van der Waals surface area contributed by atoms with Crippen molar-refractivity contribution in [3.8, 4) is 11.5 Å². The minimum absolute atomic E-state index is 0.128. The second-order valence-corrected chi connectivity index (χ2v) is 9.05. The van der Waals surface area contributed by atoms with E-state index in [1.54, 1.807) is 32.9 Å². The first-order chi connectivity index (χ1) is 13.0. The quantitative estimate of drug-likeness (QED) is 0.737. The fraction of sp³-hybridized carbons (Fsp3) is 0.350. The van der Waals surface area contributed by atoms with E-state index in [0.717, 1.165) is 5.56 Å². The van der Waals surface area contributed by atoms with Gasteiger partial charge in [0.1, 0.15) is 11.5 Å². The molecule has 2 rings (SSSR count). The van der Waals surface area contributed by atoms with E-state index in [1.165, 1.54) is 31.4 Å². The number of hydrogen-bond acceptors (Lipinski definition) is 5. The number of carbonyl (C=O) groups is 1. The van der Waals surface area contributed by atoms with Crippen LogP contribution in [0, 0.1) is 6.92 Å². The maximum Gasteiger partial charge on any atom is 0.262 e. The predicted octanol–water partition coefficient (Wildman–Crippen LogP) is 3.10. The zero-order valence-electron chi connectivity index (χ0n) is 16.7. The number of aryl methyl sites for hydroxylation is 1. The van der Waals surface area contributed by atoms with Crippen LogP contribution in [0.3, 0.4) is 0 Å². The highest BCUT2D eigenvalue weighted by Crippen LogP contribution is 2.25. The molecule has 0 saturated carbocycles. The fourth-order valence-corrected chi connectivity index (χ4v) is 3.85. The molecule has 28 heavy (non-hydrogen) atoms. The lowest BCUT2D eigenvalue weighted by Gasteiger charge is -2.20. The van der Waals surface area contributed by atoms with Crippen molar-refractivity contribution in [2.45, 2.75) is 38.1 Å². The normalized spacial score (nSPS) is 11.8. The van der Waals surface area contributed by atoms with Crippen molar-refractivity contribution in [1.82, 2.24) is 4.72 Å². The number of ether oxygens (including phenoxy) is 2. The molecule has 1 amide bonds. The van der Waals surface area contributed by atoms with Crippen LogP contribution >= 0.6 is 0 Å². The van der Waals surface area contributed by atoms with Gasteiger partial charge in [-0.05, 0) is 69.7 Å². The number of anilines is 1. The van der Waals surface area contributed by atoms with Gasteiger partial charge in [-0.15, -0.1) is 0 Å². The van der Waals surface area contributed by atoms with Crippen LogP contribution in [0.2, 0.25) is 0 Å². The van der Waals surface area contributed by atoms with Crippen molar-refractivity contribution in [1.29, 1.82) is 0 Å². The van der Waals surface area contributed by atoms with Gasteiger partial charge in [-0.25, -0.2) is 13.1 Å². The van der Waals surface area contributed by atoms with Gasteiger partial charge in [-0.1, -0.05) is 6.07 Å². The number of amides is 1. The Morgan fingerprint density at radius 3 is 2.29 bits per heavy atom. The molecule has 0 radical (unpaired) electrons. The van der Waals surface area contributed by atoms with Gasteiger partial charge in [0.25, 0.3) is 5.91 Å². The van der Waals surface area contributed by atoms with Crippen molar-refractivity contribution in [3.63, 3.8) is 0 Å². The summed E-state index contributed by atoms with van der Waals surface area (Å²) in [4.78, 5) is 12.3. The van der Waals surface area contributed by atoms with Crippen LogP contribution in [-0.2, 0) is 14.8 Å². The molecule has 0 aliphatic carbocycles. The molecular weight excluding hydrogens is 380 g/mol. The number of hydrogen-bond donors (Lipinski definition) is 2. The van der Waals surface area contributed by atoms with Gasteiger partial charge in [-0.3, -0.25) is 4.79 Å². The van der Waals surface area contributed by atoms with Crippen LogP contribution in [0.25, 0.3) is 0 Å². The highest BCUT2D eigenvalue weighted by molar-refractivity contribution is 7.89. The molecule has 0 bridgehead atoms. The summed E-state index contributed by atoms with van der Waals surface area (Å²) in [5.41, 5.74) is 0.964. The highest BCUT2D eigenvalue weighted by Gasteiger charge is 2.21. The molecule has 0 aromatic heterocycles. The summed E-state index contributed by atoms with van der Waals surface area (Å²) in [7, 11) is -2.09. The molecule has 152 valence electrons. The van der Waals surface area contributed by atoms with Gasteiger partial charge in [0.05, 0.1) is 17.7 Å². The average Bonchev–Trinajstić information content (AvgIpc) is 2.58. The van der Waals surface area contributed by atoms with Gasteiger partial charge >= 0.3 is 0 Å². The number of rotatable bonds is 7. The summed E-state index contributed by atoms with van der Waals surface area (Å²) in [6.07, 6.45) is 0. The Balaban J connectivity index is 1.98. The molecule has 0 unspecified atom stereocenters. The molecule has 2 aromatic rings. The van der Waals surface area contributed by atoms with E-state index in [0.29, 0.717) is 17.2 Å². The second-order valence-electron chi connectivity index (χ2n) is 7.37. The number of benzene rings is 2. The van der Waals surface area contributed by atoms with Crippen LogP contribution in [0.15, 0.2) is 47.4 Å². The zero-order valence-corrected chi connectivity index (χ0v) is 17.5. The summed E-state index contributed by atoms with van der Waals surface area (Å²) in [6, 6.07) is 11.4. The third-order valence-corrected chi connectivity index (χ3v) is 5.35. The van der Waals surface area contributed by atoms with Crippen molar-refractivity contribution in [2.24, 2.45) is 0 Å². The highest BCUT2D eigenvalue weighted by atomic mass is 32.2. The van der Waals surface area contributed by atoms with Gasteiger partial charge in [0.2, 0.25) is 10.0 Å². The molecule has 2 N–H and O–H groups in total. The van der Waals surface area contributed by atoms with E-state index < -0.39 is 15.6 Å². The largest absolute Gasteiger partial charge is 0.495 e.